The van der Waals surface area contributed by atoms with Gasteiger partial charge in [0, 0.05) is 30.1 Å². The molecular weight excluding hydrogens is 422 g/mol. The van der Waals surface area contributed by atoms with E-state index in [1.54, 1.807) is 0 Å². The van der Waals surface area contributed by atoms with E-state index >= 15 is 0 Å². The zero-order valence-corrected chi connectivity index (χ0v) is 20.2. The van der Waals surface area contributed by atoms with Gasteiger partial charge in [0.2, 0.25) is 0 Å². The van der Waals surface area contributed by atoms with E-state index in [0.29, 0.717) is 18.0 Å². The molecule has 0 unspecified atom stereocenters. The van der Waals surface area contributed by atoms with Crippen molar-refractivity contribution in [3.63, 3.8) is 0 Å². The van der Waals surface area contributed by atoms with Crippen molar-refractivity contribution in [1.29, 1.82) is 0 Å². The summed E-state index contributed by atoms with van der Waals surface area (Å²) in [5.41, 5.74) is 6.66. The fourth-order valence-corrected chi connectivity index (χ4v) is 4.07. The molecule has 0 saturated heterocycles. The van der Waals surface area contributed by atoms with Crippen molar-refractivity contribution in [2.75, 3.05) is 5.32 Å². The molecule has 4 heteroatoms. The number of hydrogen-bond donors (Lipinski definition) is 2. The lowest BCUT2D eigenvalue weighted by Gasteiger charge is -2.20. The van der Waals surface area contributed by atoms with Gasteiger partial charge in [-0.2, -0.15) is 0 Å². The van der Waals surface area contributed by atoms with E-state index < -0.39 is 5.97 Å². The monoisotopic (exact) mass is 457 g/mol. The van der Waals surface area contributed by atoms with Gasteiger partial charge in [0.05, 0.1) is 0 Å². The molecule has 0 amide bonds. The molecule has 0 aliphatic rings. The molecule has 0 radical (unpaired) electrons. The summed E-state index contributed by atoms with van der Waals surface area (Å²) >= 11 is 0. The minimum absolute atomic E-state index is 0.0102. The molecule has 0 saturated carbocycles. The number of ketones is 1. The molecule has 3 rings (SSSR count). The standard InChI is InChI=1S/C30H35NO3/c1-3-4-6-28(21-23-11-15-25(16-12-23)24-13-9-22(2)10-14-24)31-27-19-17-26(18-20-27)29(32)7-5-8-30(33)34/h9-20,28,31H,3-8,21H2,1-2H3,(H,33,34)/t28-/m0/s1. The maximum Gasteiger partial charge on any atom is 0.303 e. The molecule has 178 valence electrons. The van der Waals surface area contributed by atoms with Gasteiger partial charge in [-0.05, 0) is 67.1 Å². The summed E-state index contributed by atoms with van der Waals surface area (Å²) in [7, 11) is 0. The predicted octanol–water partition coefficient (Wildman–Crippen LogP) is 7.31. The van der Waals surface area contributed by atoms with Crippen LogP contribution in [-0.4, -0.2) is 22.9 Å². The van der Waals surface area contributed by atoms with Crippen LogP contribution in [0.15, 0.2) is 72.8 Å². The van der Waals surface area contributed by atoms with E-state index in [9.17, 15) is 9.59 Å². The van der Waals surface area contributed by atoms with Crippen LogP contribution in [0.2, 0.25) is 0 Å². The molecule has 2 N–H and O–H groups in total. The highest BCUT2D eigenvalue weighted by Crippen LogP contribution is 2.22. The van der Waals surface area contributed by atoms with Crippen LogP contribution in [-0.2, 0) is 11.2 Å². The molecule has 0 spiro atoms. The molecular formula is C30H35NO3. The number of aryl methyl sites for hydroxylation is 1. The third-order valence-corrected chi connectivity index (χ3v) is 6.10. The average Bonchev–Trinajstić information content (AvgIpc) is 2.84. The maximum atomic E-state index is 12.3. The van der Waals surface area contributed by atoms with E-state index in [1.165, 1.54) is 22.3 Å². The third kappa shape index (κ3) is 7.87. The maximum absolute atomic E-state index is 12.3. The molecule has 0 heterocycles. The molecule has 0 fully saturated rings. The van der Waals surface area contributed by atoms with Gasteiger partial charge in [0.1, 0.15) is 0 Å². The Kier molecular flexibility index (Phi) is 9.45. The third-order valence-electron chi connectivity index (χ3n) is 6.10. The first kappa shape index (κ1) is 25.2. The Morgan fingerprint density at radius 3 is 2.03 bits per heavy atom. The summed E-state index contributed by atoms with van der Waals surface area (Å²) in [5.74, 6) is -0.876. The van der Waals surface area contributed by atoms with Gasteiger partial charge >= 0.3 is 5.97 Å². The molecule has 4 nitrogen and oxygen atoms in total. The molecule has 0 aliphatic heterocycles. The van der Waals surface area contributed by atoms with Crippen LogP contribution in [0.5, 0.6) is 0 Å². The average molecular weight is 458 g/mol. The summed E-state index contributed by atoms with van der Waals surface area (Å²) in [6.07, 6.45) is 4.97. The van der Waals surface area contributed by atoms with Crippen LogP contribution in [0.25, 0.3) is 11.1 Å². The summed E-state index contributed by atoms with van der Waals surface area (Å²) in [5, 5.41) is 12.4. The largest absolute Gasteiger partial charge is 0.481 e. The second-order valence-electron chi connectivity index (χ2n) is 9.00. The van der Waals surface area contributed by atoms with Crippen molar-refractivity contribution >= 4 is 17.4 Å². The molecule has 3 aromatic rings. The Labute approximate surface area is 203 Å². The summed E-state index contributed by atoms with van der Waals surface area (Å²) < 4.78 is 0. The topological polar surface area (TPSA) is 66.4 Å². The number of carboxylic acids is 1. The number of aliphatic carboxylic acids is 1. The Morgan fingerprint density at radius 1 is 0.824 bits per heavy atom. The minimum atomic E-state index is -0.866. The second-order valence-corrected chi connectivity index (χ2v) is 9.00. The Bertz CT molecular complexity index is 1050. The van der Waals surface area contributed by atoms with Crippen LogP contribution in [0, 0.1) is 6.92 Å². The highest BCUT2D eigenvalue weighted by Gasteiger charge is 2.12. The summed E-state index contributed by atoms with van der Waals surface area (Å²) in [6, 6.07) is 25.3. The number of unbranched alkanes of at least 4 members (excludes halogenated alkanes) is 1. The first-order valence-electron chi connectivity index (χ1n) is 12.2. The highest BCUT2D eigenvalue weighted by molar-refractivity contribution is 5.96. The van der Waals surface area contributed by atoms with E-state index in [-0.39, 0.29) is 18.6 Å². The Morgan fingerprint density at radius 2 is 1.44 bits per heavy atom. The number of nitrogens with one attached hydrogen (secondary N) is 1. The van der Waals surface area contributed by atoms with Crippen LogP contribution in [0.1, 0.15) is 66.9 Å². The van der Waals surface area contributed by atoms with Crippen molar-refractivity contribution in [1.82, 2.24) is 0 Å². The molecule has 0 aliphatic carbocycles. The van der Waals surface area contributed by atoms with Crippen molar-refractivity contribution in [2.24, 2.45) is 0 Å². The normalized spacial score (nSPS) is 11.7. The van der Waals surface area contributed by atoms with Gasteiger partial charge in [-0.15, -0.1) is 0 Å². The SMILES string of the molecule is CCCC[C@@H](Cc1ccc(-c2ccc(C)cc2)cc1)Nc1ccc(C(=O)CCCC(=O)O)cc1. The predicted molar refractivity (Wildman–Crippen MR) is 140 cm³/mol. The van der Waals surface area contributed by atoms with Gasteiger partial charge < -0.3 is 10.4 Å². The molecule has 0 aromatic heterocycles. The van der Waals surface area contributed by atoms with Gasteiger partial charge in [0.15, 0.2) is 5.78 Å². The molecule has 34 heavy (non-hydrogen) atoms. The smallest absolute Gasteiger partial charge is 0.303 e. The zero-order chi connectivity index (χ0) is 24.3. The van der Waals surface area contributed by atoms with E-state index in [2.05, 4.69) is 67.7 Å². The van der Waals surface area contributed by atoms with Crippen LogP contribution < -0.4 is 5.32 Å². The molecule has 1 atom stereocenters. The number of carboxylic acid groups (broad SMARTS) is 1. The first-order chi connectivity index (χ1) is 16.4. The summed E-state index contributed by atoms with van der Waals surface area (Å²) in [4.78, 5) is 22.9. The highest BCUT2D eigenvalue weighted by atomic mass is 16.4. The number of benzene rings is 3. The van der Waals surface area contributed by atoms with Crippen LogP contribution >= 0.6 is 0 Å². The fraction of sp³-hybridized carbons (Fsp3) is 0.333. The van der Waals surface area contributed by atoms with Crippen molar-refractivity contribution in [3.8, 4) is 11.1 Å². The quantitative estimate of drug-likeness (QED) is 0.264. The van der Waals surface area contributed by atoms with Crippen LogP contribution in [0.4, 0.5) is 5.69 Å². The van der Waals surface area contributed by atoms with Crippen LogP contribution in [0.3, 0.4) is 0 Å². The number of hydrogen-bond acceptors (Lipinski definition) is 3. The number of anilines is 1. The molecule has 3 aromatic carbocycles. The van der Waals surface area contributed by atoms with E-state index in [1.807, 2.05) is 24.3 Å². The number of carbonyl (C=O) groups is 2. The lowest BCUT2D eigenvalue weighted by molar-refractivity contribution is -0.137. The lowest BCUT2D eigenvalue weighted by atomic mass is 9.97. The Hall–Kier alpha value is -3.40. The fourth-order valence-electron chi connectivity index (χ4n) is 4.07. The number of carbonyl (C=O) groups excluding carboxylic acids is 1. The lowest BCUT2D eigenvalue weighted by Crippen LogP contribution is -2.22. The minimum Gasteiger partial charge on any atom is -0.481 e. The van der Waals surface area contributed by atoms with Crippen molar-refractivity contribution in [3.05, 3.63) is 89.5 Å². The first-order valence-corrected chi connectivity index (χ1v) is 12.2. The van der Waals surface area contributed by atoms with E-state index in [0.717, 1.165) is 31.4 Å². The van der Waals surface area contributed by atoms with Crippen molar-refractivity contribution in [2.45, 2.75) is 64.8 Å². The van der Waals surface area contributed by atoms with Gasteiger partial charge in [-0.1, -0.05) is 73.9 Å². The number of Topliss-reactive ketones (excluding diaryl/α,β-unsaturated/α-hetero) is 1. The van der Waals surface area contributed by atoms with Gasteiger partial charge in [-0.25, -0.2) is 0 Å². The second kappa shape index (κ2) is 12.7. The zero-order valence-electron chi connectivity index (χ0n) is 20.2. The van der Waals surface area contributed by atoms with E-state index in [4.69, 9.17) is 5.11 Å². The summed E-state index contributed by atoms with van der Waals surface area (Å²) in [6.45, 7) is 4.31. The van der Waals surface area contributed by atoms with Gasteiger partial charge in [-0.3, -0.25) is 9.59 Å². The molecule has 0 bridgehead atoms. The number of rotatable bonds is 13. The Balaban J connectivity index is 1.61. The van der Waals surface area contributed by atoms with Crippen molar-refractivity contribution < 1.29 is 14.7 Å². The van der Waals surface area contributed by atoms with Gasteiger partial charge in [0.25, 0.3) is 0 Å².